The number of nitrogens with one attached hydrogen (secondary N) is 3. The van der Waals surface area contributed by atoms with E-state index in [0.29, 0.717) is 16.7 Å². The summed E-state index contributed by atoms with van der Waals surface area (Å²) in [6.07, 6.45) is 0. The van der Waals surface area contributed by atoms with Crippen LogP contribution in [0.3, 0.4) is 0 Å². The molecule has 3 aromatic carbocycles. The number of amides is 3. The first-order valence-electron chi connectivity index (χ1n) is 10.8. The van der Waals surface area contributed by atoms with Crippen LogP contribution in [-0.2, 0) is 9.59 Å². The highest BCUT2D eigenvalue weighted by Gasteiger charge is 2.67. The lowest BCUT2D eigenvalue weighted by Crippen LogP contribution is -2.18. The van der Waals surface area contributed by atoms with Crippen LogP contribution in [0.1, 0.15) is 28.8 Å². The average molecular weight is 622 g/mol. The highest BCUT2D eigenvalue weighted by Crippen LogP contribution is 2.65. The molecule has 1 fully saturated rings. The summed E-state index contributed by atoms with van der Waals surface area (Å²) in [4.78, 5) is 37.1. The van der Waals surface area contributed by atoms with Crippen molar-refractivity contribution in [3.8, 4) is 0 Å². The molecule has 3 aromatic rings. The number of carbonyl (C=O) groups is 3. The van der Waals surface area contributed by atoms with Gasteiger partial charge in [0.15, 0.2) is 0 Å². The van der Waals surface area contributed by atoms with Gasteiger partial charge < -0.3 is 16.0 Å². The fraction of sp³-hybridized carbons (Fsp3) is 0.160. The van der Waals surface area contributed by atoms with Gasteiger partial charge in [0.05, 0.1) is 37.9 Å². The molecule has 198 valence electrons. The Morgan fingerprint density at radius 1 is 0.789 bits per heavy atom. The van der Waals surface area contributed by atoms with Crippen molar-refractivity contribution < 1.29 is 23.2 Å². The predicted molar refractivity (Wildman–Crippen MR) is 146 cm³/mol. The van der Waals surface area contributed by atoms with E-state index in [1.54, 1.807) is 18.2 Å². The maximum absolute atomic E-state index is 14.3. The van der Waals surface area contributed by atoms with Crippen molar-refractivity contribution in [1.29, 1.82) is 0 Å². The van der Waals surface area contributed by atoms with Crippen LogP contribution in [0.5, 0.6) is 0 Å². The van der Waals surface area contributed by atoms with E-state index >= 15 is 0 Å². The second kappa shape index (κ2) is 10.9. The highest BCUT2D eigenvalue weighted by atomic mass is 35.5. The lowest BCUT2D eigenvalue weighted by Gasteiger charge is -2.12. The molecular weight excluding hydrogens is 606 g/mol. The summed E-state index contributed by atoms with van der Waals surface area (Å²) < 4.78 is 26.8. The van der Waals surface area contributed by atoms with Crippen LogP contribution in [0.4, 0.5) is 25.8 Å². The summed E-state index contributed by atoms with van der Waals surface area (Å²) in [6.45, 7) is 1.15. The number of benzene rings is 3. The molecule has 0 unspecified atom stereocenters. The SMILES string of the molecule is CC(=O)Nc1cc(NC(=O)c2cc(NC(=O)[C@H]3[C@H](c4ccc(Cl)c(Cl)c4)C3(Cl)Cl)ccc2Cl)c(F)cc1F. The normalized spacial score (nSPS) is 17.5. The summed E-state index contributed by atoms with van der Waals surface area (Å²) in [6, 6.07) is 10.3. The zero-order valence-electron chi connectivity index (χ0n) is 19.1. The number of carbonyl (C=O) groups excluding carboxylic acids is 3. The Morgan fingerprint density at radius 3 is 2.05 bits per heavy atom. The van der Waals surface area contributed by atoms with Crippen LogP contribution >= 0.6 is 58.0 Å². The number of hydrogen-bond donors (Lipinski definition) is 3. The van der Waals surface area contributed by atoms with Gasteiger partial charge >= 0.3 is 0 Å². The third-order valence-corrected chi connectivity index (χ3v) is 7.74. The Morgan fingerprint density at radius 2 is 1.42 bits per heavy atom. The van der Waals surface area contributed by atoms with Crippen LogP contribution in [0.25, 0.3) is 0 Å². The largest absolute Gasteiger partial charge is 0.326 e. The Bertz CT molecular complexity index is 1480. The van der Waals surface area contributed by atoms with Crippen molar-refractivity contribution in [2.75, 3.05) is 16.0 Å². The minimum Gasteiger partial charge on any atom is -0.326 e. The van der Waals surface area contributed by atoms with Gasteiger partial charge in [-0.1, -0.05) is 40.9 Å². The van der Waals surface area contributed by atoms with Gasteiger partial charge in [-0.3, -0.25) is 14.4 Å². The van der Waals surface area contributed by atoms with Gasteiger partial charge in [-0.05, 0) is 42.0 Å². The smallest absolute Gasteiger partial charge is 0.257 e. The van der Waals surface area contributed by atoms with E-state index in [9.17, 15) is 23.2 Å². The van der Waals surface area contributed by atoms with Crippen LogP contribution in [-0.4, -0.2) is 22.1 Å². The zero-order valence-corrected chi connectivity index (χ0v) is 22.9. The molecule has 1 saturated carbocycles. The van der Waals surface area contributed by atoms with E-state index < -0.39 is 51.2 Å². The van der Waals surface area contributed by atoms with Gasteiger partial charge in [0, 0.05) is 24.6 Å². The Hall–Kier alpha value is -2.62. The Kier molecular flexibility index (Phi) is 8.12. The monoisotopic (exact) mass is 619 g/mol. The molecule has 1 aliphatic rings. The number of rotatable bonds is 6. The first-order chi connectivity index (χ1) is 17.8. The number of anilines is 3. The molecule has 0 heterocycles. The van der Waals surface area contributed by atoms with Gasteiger partial charge in [-0.2, -0.15) is 0 Å². The van der Waals surface area contributed by atoms with Crippen molar-refractivity contribution in [3.63, 3.8) is 0 Å². The van der Waals surface area contributed by atoms with Crippen molar-refractivity contribution in [3.05, 3.63) is 86.4 Å². The first kappa shape index (κ1) is 28.4. The van der Waals surface area contributed by atoms with Crippen molar-refractivity contribution in [2.45, 2.75) is 17.2 Å². The molecule has 38 heavy (non-hydrogen) atoms. The molecule has 3 N–H and O–H groups in total. The maximum atomic E-state index is 14.3. The van der Waals surface area contributed by atoms with Gasteiger partial charge in [0.1, 0.15) is 16.0 Å². The molecular formula is C25H16Cl5F2N3O3. The standard InChI is InChI=1S/C25H16Cl5F2N3O3/c1-10(36)33-19-9-20(18(32)8-17(19)31)35-23(37)13-7-12(3-5-14(13)26)34-24(38)22-21(25(22,29)30)11-2-4-15(27)16(28)6-11/h2-9,21-22H,1H3,(H,33,36)(H,34,38)(H,35,37)/t21-,22+/m0/s1. The molecule has 4 rings (SSSR count). The number of halogens is 7. The summed E-state index contributed by atoms with van der Waals surface area (Å²) >= 11 is 31.0. The average Bonchev–Trinajstić information content (AvgIpc) is 3.41. The molecule has 1 aliphatic carbocycles. The number of alkyl halides is 2. The topological polar surface area (TPSA) is 87.3 Å². The molecule has 0 saturated heterocycles. The summed E-state index contributed by atoms with van der Waals surface area (Å²) in [5.74, 6) is -5.46. The van der Waals surface area contributed by atoms with Crippen molar-refractivity contribution >= 4 is 92.8 Å². The summed E-state index contributed by atoms with van der Waals surface area (Å²) in [5.41, 5.74) is -0.0307. The van der Waals surface area contributed by atoms with E-state index in [4.69, 9.17) is 58.0 Å². The molecule has 0 radical (unpaired) electrons. The van der Waals surface area contributed by atoms with E-state index in [0.717, 1.165) is 13.0 Å². The molecule has 0 spiro atoms. The van der Waals surface area contributed by atoms with Crippen molar-refractivity contribution in [1.82, 2.24) is 0 Å². The fourth-order valence-corrected chi connectivity index (χ4v) is 5.23. The lowest BCUT2D eigenvalue weighted by molar-refractivity contribution is -0.117. The Balaban J connectivity index is 1.52. The first-order valence-corrected chi connectivity index (χ1v) is 12.7. The molecule has 13 heteroatoms. The highest BCUT2D eigenvalue weighted by molar-refractivity contribution is 6.53. The van der Waals surface area contributed by atoms with Gasteiger partial charge in [0.2, 0.25) is 11.8 Å². The van der Waals surface area contributed by atoms with Gasteiger partial charge in [-0.25, -0.2) is 8.78 Å². The molecule has 0 aromatic heterocycles. The Labute approximate surface area is 240 Å². The third-order valence-electron chi connectivity index (χ3n) is 5.73. The van der Waals surface area contributed by atoms with E-state index in [-0.39, 0.29) is 27.0 Å². The minimum atomic E-state index is -1.40. The van der Waals surface area contributed by atoms with Crippen molar-refractivity contribution in [2.24, 2.45) is 5.92 Å². The second-order valence-corrected chi connectivity index (χ2v) is 11.1. The van der Waals surface area contributed by atoms with E-state index in [1.165, 1.54) is 18.2 Å². The van der Waals surface area contributed by atoms with E-state index in [2.05, 4.69) is 16.0 Å². The summed E-state index contributed by atoms with van der Waals surface area (Å²) in [7, 11) is 0. The molecule has 6 nitrogen and oxygen atoms in total. The van der Waals surface area contributed by atoms with Gasteiger partial charge in [-0.15, -0.1) is 23.2 Å². The third kappa shape index (κ3) is 5.84. The molecule has 2 atom stereocenters. The lowest BCUT2D eigenvalue weighted by atomic mass is 10.1. The maximum Gasteiger partial charge on any atom is 0.257 e. The fourth-order valence-electron chi connectivity index (χ4n) is 3.89. The van der Waals surface area contributed by atoms with Gasteiger partial charge in [0.25, 0.3) is 5.91 Å². The predicted octanol–water partition coefficient (Wildman–Crippen LogP) is 7.66. The minimum absolute atomic E-state index is 0.00533. The second-order valence-electron chi connectivity index (χ2n) is 8.43. The quantitative estimate of drug-likeness (QED) is 0.247. The summed E-state index contributed by atoms with van der Waals surface area (Å²) in [5, 5.41) is 7.74. The molecule has 0 aliphatic heterocycles. The van der Waals surface area contributed by atoms with Crippen LogP contribution in [0.2, 0.25) is 15.1 Å². The number of hydrogen-bond acceptors (Lipinski definition) is 3. The van der Waals surface area contributed by atoms with Crippen LogP contribution < -0.4 is 16.0 Å². The van der Waals surface area contributed by atoms with Crippen LogP contribution in [0, 0.1) is 17.6 Å². The molecule has 0 bridgehead atoms. The van der Waals surface area contributed by atoms with Crippen LogP contribution in [0.15, 0.2) is 48.5 Å². The molecule has 3 amide bonds. The van der Waals surface area contributed by atoms with E-state index in [1.807, 2.05) is 0 Å². The zero-order chi connectivity index (χ0) is 27.9.